The van der Waals surface area contributed by atoms with Gasteiger partial charge in [0, 0.05) is 5.92 Å². The molecule has 0 aliphatic carbocycles. The van der Waals surface area contributed by atoms with E-state index in [1.807, 2.05) is 0 Å². The van der Waals surface area contributed by atoms with Gasteiger partial charge in [0.15, 0.2) is 0 Å². The summed E-state index contributed by atoms with van der Waals surface area (Å²) in [5.74, 6) is -1.89. The highest BCUT2D eigenvalue weighted by molar-refractivity contribution is 7.86. The lowest BCUT2D eigenvalue weighted by Gasteiger charge is -2.06. The van der Waals surface area contributed by atoms with Gasteiger partial charge in [-0.1, -0.05) is 6.92 Å². The van der Waals surface area contributed by atoms with Crippen LogP contribution < -0.4 is 0 Å². The molecule has 6 heteroatoms. The molecule has 0 fully saturated rings. The molecule has 0 saturated heterocycles. The largest absolute Gasteiger partial charge is 0.302 e. The zero-order valence-corrected chi connectivity index (χ0v) is 6.74. The first-order valence-electron chi connectivity index (χ1n) is 3.03. The minimum Gasteiger partial charge on any atom is -0.210 e. The second-order valence-electron chi connectivity index (χ2n) is 2.34. The first-order chi connectivity index (χ1) is 4.83. The van der Waals surface area contributed by atoms with Crippen molar-refractivity contribution >= 4 is 10.2 Å². The highest BCUT2D eigenvalue weighted by Gasteiger charge is 2.17. The van der Waals surface area contributed by atoms with Crippen molar-refractivity contribution in [1.82, 2.24) is 0 Å². The van der Waals surface area contributed by atoms with Crippen molar-refractivity contribution in [3.05, 3.63) is 0 Å². The van der Waals surface area contributed by atoms with Crippen molar-refractivity contribution in [1.29, 1.82) is 0 Å². The van der Waals surface area contributed by atoms with Crippen LogP contribution in [0.5, 0.6) is 0 Å². The van der Waals surface area contributed by atoms with Gasteiger partial charge in [0.25, 0.3) is 0 Å². The summed E-state index contributed by atoms with van der Waals surface area (Å²) in [6.45, 7) is 1.18. The summed E-state index contributed by atoms with van der Waals surface area (Å²) in [5, 5.41) is 0. The van der Waals surface area contributed by atoms with Gasteiger partial charge < -0.3 is 0 Å². The summed E-state index contributed by atoms with van der Waals surface area (Å²) >= 11 is 0. The highest BCUT2D eigenvalue weighted by atomic mass is 32.3. The van der Waals surface area contributed by atoms with Gasteiger partial charge in [-0.3, -0.25) is 0 Å². The quantitative estimate of drug-likeness (QED) is 0.630. The van der Waals surface area contributed by atoms with Crippen LogP contribution in [0.25, 0.3) is 0 Å². The van der Waals surface area contributed by atoms with Crippen molar-refractivity contribution in [3.63, 3.8) is 0 Å². The molecule has 1 unspecified atom stereocenters. The summed E-state index contributed by atoms with van der Waals surface area (Å²) in [7, 11) is -4.59. The van der Waals surface area contributed by atoms with Crippen LogP contribution in [-0.2, 0) is 10.2 Å². The van der Waals surface area contributed by atoms with E-state index in [2.05, 4.69) is 0 Å². The Morgan fingerprint density at radius 2 is 1.82 bits per heavy atom. The molecule has 0 aromatic rings. The molecule has 68 valence electrons. The third kappa shape index (κ3) is 6.15. The molecule has 0 rings (SSSR count). The van der Waals surface area contributed by atoms with Crippen LogP contribution in [0.3, 0.4) is 0 Å². The molecular weight excluding hydrogens is 181 g/mol. The second-order valence-corrected chi connectivity index (χ2v) is 3.83. The van der Waals surface area contributed by atoms with Crippen LogP contribution in [-0.4, -0.2) is 20.6 Å². The summed E-state index contributed by atoms with van der Waals surface area (Å²) in [6, 6.07) is 0. The third-order valence-corrected chi connectivity index (χ3v) is 1.97. The minimum absolute atomic E-state index is 0.337. The lowest BCUT2D eigenvalue weighted by atomic mass is 10.1. The Hall–Kier alpha value is -0.260. The lowest BCUT2D eigenvalue weighted by molar-refractivity contribution is 0.0848. The van der Waals surface area contributed by atoms with E-state index in [0.29, 0.717) is 0 Å². The van der Waals surface area contributed by atoms with E-state index in [9.17, 15) is 21.1 Å². The number of hydrogen-bond acceptors (Lipinski definition) is 2. The van der Waals surface area contributed by atoms with Gasteiger partial charge in [0.2, 0.25) is 6.43 Å². The number of halogens is 3. The minimum atomic E-state index is -4.59. The molecule has 0 aromatic carbocycles. The van der Waals surface area contributed by atoms with Gasteiger partial charge in [-0.05, 0) is 6.42 Å². The molecule has 0 radical (unpaired) electrons. The molecular formula is C5H9F3O2S. The standard InChI is InChI=1S/C5H9F3O2S/c1-4(5(6)7)2-3-11(8,9)10/h4-5H,2-3H2,1H3. The topological polar surface area (TPSA) is 34.1 Å². The van der Waals surface area contributed by atoms with Crippen molar-refractivity contribution in [2.24, 2.45) is 5.92 Å². The van der Waals surface area contributed by atoms with E-state index in [-0.39, 0.29) is 6.42 Å². The van der Waals surface area contributed by atoms with E-state index >= 15 is 0 Å². The van der Waals surface area contributed by atoms with Gasteiger partial charge in [-0.25, -0.2) is 8.78 Å². The molecule has 0 aromatic heterocycles. The summed E-state index contributed by atoms with van der Waals surface area (Å²) in [6.07, 6.45) is -2.92. The fourth-order valence-electron chi connectivity index (χ4n) is 0.453. The molecule has 0 amide bonds. The molecule has 0 spiro atoms. The predicted molar refractivity (Wildman–Crippen MR) is 34.7 cm³/mol. The second kappa shape index (κ2) is 3.94. The van der Waals surface area contributed by atoms with E-state index in [1.54, 1.807) is 0 Å². The normalized spacial score (nSPS) is 15.4. The molecule has 0 aliphatic heterocycles. The molecule has 0 heterocycles. The van der Waals surface area contributed by atoms with Gasteiger partial charge >= 0.3 is 10.2 Å². The maximum absolute atomic E-state index is 11.7. The van der Waals surface area contributed by atoms with Crippen LogP contribution in [0.15, 0.2) is 0 Å². The molecule has 2 nitrogen and oxygen atoms in total. The molecule has 11 heavy (non-hydrogen) atoms. The van der Waals surface area contributed by atoms with Crippen LogP contribution >= 0.6 is 0 Å². The van der Waals surface area contributed by atoms with E-state index in [4.69, 9.17) is 0 Å². The van der Waals surface area contributed by atoms with Gasteiger partial charge in [0.1, 0.15) is 0 Å². The number of rotatable bonds is 4. The van der Waals surface area contributed by atoms with Gasteiger partial charge in [-0.2, -0.15) is 8.42 Å². The monoisotopic (exact) mass is 190 g/mol. The third-order valence-electron chi connectivity index (χ3n) is 1.25. The molecule has 1 atom stereocenters. The fourth-order valence-corrected chi connectivity index (χ4v) is 1.11. The average Bonchev–Trinajstić information content (AvgIpc) is 1.80. The Kier molecular flexibility index (Phi) is 3.85. The SMILES string of the molecule is CC(CCS(=O)(=O)F)C(F)F. The van der Waals surface area contributed by atoms with Crippen molar-refractivity contribution in [2.45, 2.75) is 19.8 Å². The maximum atomic E-state index is 11.7. The van der Waals surface area contributed by atoms with E-state index < -0.39 is 28.3 Å². The van der Waals surface area contributed by atoms with Crippen LogP contribution in [0.4, 0.5) is 12.7 Å². The lowest BCUT2D eigenvalue weighted by Crippen LogP contribution is -2.11. The Bertz CT molecular complexity index is 200. The Morgan fingerprint density at radius 3 is 2.09 bits per heavy atom. The maximum Gasteiger partial charge on any atom is 0.302 e. The average molecular weight is 190 g/mol. The van der Waals surface area contributed by atoms with Crippen LogP contribution in [0.2, 0.25) is 0 Å². The summed E-state index contributed by atoms with van der Waals surface area (Å²) < 4.78 is 54.8. The van der Waals surface area contributed by atoms with Crippen molar-refractivity contribution < 1.29 is 21.1 Å². The fraction of sp³-hybridized carbons (Fsp3) is 1.00. The number of hydrogen-bond donors (Lipinski definition) is 0. The predicted octanol–water partition coefficient (Wildman–Crippen LogP) is 1.58. The molecule has 0 saturated carbocycles. The zero-order valence-electron chi connectivity index (χ0n) is 5.93. The Morgan fingerprint density at radius 1 is 1.36 bits per heavy atom. The molecule has 0 N–H and O–H groups in total. The first kappa shape index (κ1) is 10.7. The molecule has 0 bridgehead atoms. The number of alkyl halides is 2. The van der Waals surface area contributed by atoms with Crippen LogP contribution in [0, 0.1) is 5.92 Å². The zero-order chi connectivity index (χ0) is 9.07. The summed E-state index contributed by atoms with van der Waals surface area (Å²) in [5.41, 5.74) is 0. The summed E-state index contributed by atoms with van der Waals surface area (Å²) in [4.78, 5) is 0. The smallest absolute Gasteiger partial charge is 0.210 e. The highest BCUT2D eigenvalue weighted by Crippen LogP contribution is 2.14. The van der Waals surface area contributed by atoms with Gasteiger partial charge in [0.05, 0.1) is 5.75 Å². The van der Waals surface area contributed by atoms with Gasteiger partial charge in [-0.15, -0.1) is 3.89 Å². The van der Waals surface area contributed by atoms with E-state index in [1.165, 1.54) is 6.92 Å². The molecule has 0 aliphatic rings. The van der Waals surface area contributed by atoms with Crippen LogP contribution in [0.1, 0.15) is 13.3 Å². The Labute approximate surface area is 63.6 Å². The van der Waals surface area contributed by atoms with Crippen molar-refractivity contribution in [3.8, 4) is 0 Å². The Balaban J connectivity index is 3.72. The van der Waals surface area contributed by atoms with Crippen molar-refractivity contribution in [2.75, 3.05) is 5.75 Å². The van der Waals surface area contributed by atoms with E-state index in [0.717, 1.165) is 0 Å². The first-order valence-corrected chi connectivity index (χ1v) is 4.58.